The van der Waals surface area contributed by atoms with E-state index in [1.165, 1.54) is 0 Å². The highest BCUT2D eigenvalue weighted by Crippen LogP contribution is 2.16. The van der Waals surface area contributed by atoms with Crippen LogP contribution in [0.15, 0.2) is 48.5 Å². The average Bonchev–Trinajstić information content (AvgIpc) is 3.10. The van der Waals surface area contributed by atoms with Gasteiger partial charge >= 0.3 is 11.9 Å². The third-order valence-electron chi connectivity index (χ3n) is 3.75. The zero-order chi connectivity index (χ0) is 20.1. The molecule has 2 N–H and O–H groups in total. The number of esters is 2. The summed E-state index contributed by atoms with van der Waals surface area (Å²) in [5.74, 6) is -1.64. The molecule has 0 bridgehead atoms. The number of carbonyl (C=O) groups is 3. The number of aromatic amines is 1. The van der Waals surface area contributed by atoms with E-state index in [4.69, 9.17) is 9.47 Å². The molecule has 0 spiro atoms. The first-order chi connectivity index (χ1) is 13.4. The molecule has 0 radical (unpaired) electrons. The van der Waals surface area contributed by atoms with Crippen molar-refractivity contribution in [1.82, 2.24) is 10.2 Å². The summed E-state index contributed by atoms with van der Waals surface area (Å²) in [5, 5.41) is 9.87. The molecule has 0 aliphatic carbocycles. The maximum Gasteiger partial charge on any atom is 0.359 e. The topological polar surface area (TPSA) is 110 Å². The number of nitrogens with one attached hydrogen (secondary N) is 2. The number of fused-ring (bicyclic) bond motifs is 1. The third-order valence-corrected chi connectivity index (χ3v) is 3.75. The summed E-state index contributed by atoms with van der Waals surface area (Å²) >= 11 is 0. The lowest BCUT2D eigenvalue weighted by Crippen LogP contribution is -2.21. The van der Waals surface area contributed by atoms with E-state index in [1.807, 2.05) is 6.07 Å². The molecular weight excluding hydrogens is 362 g/mol. The minimum Gasteiger partial charge on any atom is -0.459 e. The molecule has 3 aromatic rings. The fourth-order valence-corrected chi connectivity index (χ4v) is 2.49. The lowest BCUT2D eigenvalue weighted by molar-refractivity contribution is -0.119. The molecule has 0 fully saturated rings. The molecule has 3 rings (SSSR count). The third kappa shape index (κ3) is 4.53. The largest absolute Gasteiger partial charge is 0.459 e. The molecule has 8 nitrogen and oxygen atoms in total. The van der Waals surface area contributed by atoms with Crippen LogP contribution in [0.3, 0.4) is 0 Å². The molecule has 0 saturated heterocycles. The number of para-hydroxylation sites is 1. The van der Waals surface area contributed by atoms with Gasteiger partial charge in [-0.2, -0.15) is 5.10 Å². The minimum absolute atomic E-state index is 0.122. The first-order valence-electron chi connectivity index (χ1n) is 8.65. The van der Waals surface area contributed by atoms with Crippen LogP contribution < -0.4 is 5.32 Å². The van der Waals surface area contributed by atoms with Crippen molar-refractivity contribution in [3.63, 3.8) is 0 Å². The fraction of sp³-hybridized carbons (Fsp3) is 0.200. The van der Waals surface area contributed by atoms with Gasteiger partial charge in [0, 0.05) is 11.1 Å². The van der Waals surface area contributed by atoms with Crippen LogP contribution in [0.5, 0.6) is 0 Å². The maximum absolute atomic E-state index is 12.1. The molecule has 1 heterocycles. The van der Waals surface area contributed by atoms with Gasteiger partial charge in [0.25, 0.3) is 5.91 Å². The molecule has 0 saturated carbocycles. The minimum atomic E-state index is -0.695. The summed E-state index contributed by atoms with van der Waals surface area (Å²) in [6, 6.07) is 13.3. The Morgan fingerprint density at radius 1 is 1.04 bits per heavy atom. The Bertz CT molecular complexity index is 1010. The smallest absolute Gasteiger partial charge is 0.359 e. The molecule has 8 heteroatoms. The number of hydrogen-bond donors (Lipinski definition) is 2. The van der Waals surface area contributed by atoms with Gasteiger partial charge in [-0.1, -0.05) is 18.2 Å². The van der Waals surface area contributed by atoms with Crippen molar-refractivity contribution < 1.29 is 23.9 Å². The van der Waals surface area contributed by atoms with Crippen LogP contribution in [0.4, 0.5) is 5.69 Å². The Balaban J connectivity index is 1.54. The van der Waals surface area contributed by atoms with Crippen molar-refractivity contribution in [3.05, 3.63) is 59.8 Å². The first kappa shape index (κ1) is 19.1. The molecular formula is C20H19N3O5. The molecule has 2 aromatic carbocycles. The molecule has 0 aliphatic heterocycles. The lowest BCUT2D eigenvalue weighted by Gasteiger charge is -2.09. The Morgan fingerprint density at radius 2 is 1.75 bits per heavy atom. The summed E-state index contributed by atoms with van der Waals surface area (Å²) in [6.07, 6.45) is -0.215. The fourth-order valence-electron chi connectivity index (χ4n) is 2.49. The van der Waals surface area contributed by atoms with Gasteiger partial charge in [0.1, 0.15) is 0 Å². The Labute approximate surface area is 160 Å². The van der Waals surface area contributed by atoms with Crippen molar-refractivity contribution in [2.75, 3.05) is 11.9 Å². The van der Waals surface area contributed by atoms with Crippen LogP contribution in [0.1, 0.15) is 34.7 Å². The summed E-state index contributed by atoms with van der Waals surface area (Å²) in [4.78, 5) is 36.0. The molecule has 1 aromatic heterocycles. The summed E-state index contributed by atoms with van der Waals surface area (Å²) in [6.45, 7) is 3.07. The van der Waals surface area contributed by atoms with Crippen LogP contribution in [0, 0.1) is 0 Å². The normalized spacial score (nSPS) is 10.7. The van der Waals surface area contributed by atoms with Gasteiger partial charge in [-0.25, -0.2) is 9.59 Å². The van der Waals surface area contributed by atoms with Crippen LogP contribution >= 0.6 is 0 Å². The van der Waals surface area contributed by atoms with E-state index in [0.29, 0.717) is 22.2 Å². The zero-order valence-corrected chi connectivity index (χ0v) is 15.4. The predicted octanol–water partition coefficient (Wildman–Crippen LogP) is 2.92. The highest BCUT2D eigenvalue weighted by Gasteiger charge is 2.17. The highest BCUT2D eigenvalue weighted by molar-refractivity contribution is 6.03. The van der Waals surface area contributed by atoms with Gasteiger partial charge in [-0.15, -0.1) is 0 Å². The Morgan fingerprint density at radius 3 is 2.46 bits per heavy atom. The van der Waals surface area contributed by atoms with Gasteiger partial charge in [-0.05, 0) is 44.2 Å². The zero-order valence-electron chi connectivity index (χ0n) is 15.4. The number of hydrogen-bond acceptors (Lipinski definition) is 6. The van der Waals surface area contributed by atoms with Crippen molar-refractivity contribution >= 4 is 34.4 Å². The van der Waals surface area contributed by atoms with Gasteiger partial charge < -0.3 is 14.8 Å². The SMILES string of the molecule is CC(C)OC(=O)c1ccc(NC(=O)COC(=O)c2n[nH]c3ccccc23)cc1. The van der Waals surface area contributed by atoms with Crippen LogP contribution in [-0.2, 0) is 14.3 Å². The number of benzene rings is 2. The highest BCUT2D eigenvalue weighted by atomic mass is 16.5. The second-order valence-corrected chi connectivity index (χ2v) is 6.27. The van der Waals surface area contributed by atoms with Crippen molar-refractivity contribution in [2.45, 2.75) is 20.0 Å². The number of ether oxygens (including phenoxy) is 2. The quantitative estimate of drug-likeness (QED) is 0.635. The molecule has 0 unspecified atom stereocenters. The average molecular weight is 381 g/mol. The number of H-pyrrole nitrogens is 1. The molecule has 1 amide bonds. The molecule has 28 heavy (non-hydrogen) atoms. The standard InChI is InChI=1S/C20H19N3O5/c1-12(2)28-19(25)13-7-9-14(10-8-13)21-17(24)11-27-20(26)18-15-5-3-4-6-16(15)22-23-18/h3-10,12H,11H2,1-2H3,(H,21,24)(H,22,23). The summed E-state index contributed by atoms with van der Waals surface area (Å²) in [5.41, 5.74) is 1.67. The number of amides is 1. The van der Waals surface area contributed by atoms with E-state index in [0.717, 1.165) is 0 Å². The maximum atomic E-state index is 12.1. The van der Waals surface area contributed by atoms with Crippen LogP contribution in [0.25, 0.3) is 10.9 Å². The molecule has 0 aliphatic rings. The number of aromatic nitrogens is 2. The lowest BCUT2D eigenvalue weighted by atomic mass is 10.2. The number of rotatable bonds is 6. The summed E-state index contributed by atoms with van der Waals surface area (Å²) in [7, 11) is 0. The monoisotopic (exact) mass is 381 g/mol. The second kappa shape index (κ2) is 8.34. The first-order valence-corrected chi connectivity index (χ1v) is 8.65. The van der Waals surface area contributed by atoms with Crippen LogP contribution in [-0.4, -0.2) is 40.8 Å². The van der Waals surface area contributed by atoms with E-state index in [9.17, 15) is 14.4 Å². The van der Waals surface area contributed by atoms with E-state index in [1.54, 1.807) is 56.3 Å². The van der Waals surface area contributed by atoms with E-state index >= 15 is 0 Å². The number of anilines is 1. The second-order valence-electron chi connectivity index (χ2n) is 6.27. The Kier molecular flexibility index (Phi) is 5.69. The van der Waals surface area contributed by atoms with E-state index in [2.05, 4.69) is 15.5 Å². The summed E-state index contributed by atoms with van der Waals surface area (Å²) < 4.78 is 10.1. The number of carbonyl (C=O) groups excluding carboxylic acids is 3. The van der Waals surface area contributed by atoms with Crippen LogP contribution in [0.2, 0.25) is 0 Å². The molecule has 144 valence electrons. The van der Waals surface area contributed by atoms with Crippen molar-refractivity contribution in [1.29, 1.82) is 0 Å². The van der Waals surface area contributed by atoms with Crippen molar-refractivity contribution in [3.8, 4) is 0 Å². The van der Waals surface area contributed by atoms with Gasteiger partial charge in [0.15, 0.2) is 12.3 Å². The van der Waals surface area contributed by atoms with Gasteiger partial charge in [-0.3, -0.25) is 9.89 Å². The Hall–Kier alpha value is -3.68. The van der Waals surface area contributed by atoms with E-state index < -0.39 is 24.5 Å². The van der Waals surface area contributed by atoms with E-state index in [-0.39, 0.29) is 11.8 Å². The molecule has 0 atom stereocenters. The van der Waals surface area contributed by atoms with Crippen molar-refractivity contribution in [2.24, 2.45) is 0 Å². The van der Waals surface area contributed by atoms with Gasteiger partial charge in [0.2, 0.25) is 0 Å². The number of nitrogens with zero attached hydrogens (tertiary/aromatic N) is 1. The van der Waals surface area contributed by atoms with Gasteiger partial charge in [0.05, 0.1) is 17.2 Å². The predicted molar refractivity (Wildman–Crippen MR) is 102 cm³/mol.